The van der Waals surface area contributed by atoms with Crippen LogP contribution in [0.4, 0.5) is 0 Å². The van der Waals surface area contributed by atoms with Crippen molar-refractivity contribution in [2.75, 3.05) is 6.54 Å². The number of phenols is 1. The van der Waals surface area contributed by atoms with Gasteiger partial charge in [-0.15, -0.1) is 0 Å². The molecular weight excluding hydrogens is 238 g/mol. The number of aliphatic hydroxyl groups is 2. The Hall–Kier alpha value is -1.92. The van der Waals surface area contributed by atoms with E-state index in [2.05, 4.69) is 5.32 Å². The smallest absolute Gasteiger partial charge is 0.216 e. The molecule has 4 N–H and O–H groups in total. The van der Waals surface area contributed by atoms with Gasteiger partial charge in [0.15, 0.2) is 0 Å². The Bertz CT molecular complexity index is 446. The molecule has 0 heterocycles. The fourth-order valence-electron chi connectivity index (χ4n) is 1.45. The number of carbonyl (C=O) groups is 2. The topological polar surface area (TPSA) is 107 Å². The van der Waals surface area contributed by atoms with Gasteiger partial charge in [0.2, 0.25) is 5.91 Å². The summed E-state index contributed by atoms with van der Waals surface area (Å²) in [5, 5.41) is 31.4. The largest absolute Gasteiger partial charge is 0.508 e. The van der Waals surface area contributed by atoms with E-state index < -0.39 is 12.2 Å². The van der Waals surface area contributed by atoms with Crippen molar-refractivity contribution in [2.24, 2.45) is 0 Å². The lowest BCUT2D eigenvalue weighted by molar-refractivity contribution is -0.119. The summed E-state index contributed by atoms with van der Waals surface area (Å²) in [6.07, 6.45) is -2.10. The van der Waals surface area contributed by atoms with Crippen molar-refractivity contribution < 1.29 is 24.9 Å². The highest BCUT2D eigenvalue weighted by Crippen LogP contribution is 2.27. The van der Waals surface area contributed by atoms with E-state index in [4.69, 9.17) is 0 Å². The average Bonchev–Trinajstić information content (AvgIpc) is 2.35. The fourth-order valence-corrected chi connectivity index (χ4v) is 1.45. The summed E-state index contributed by atoms with van der Waals surface area (Å²) in [5.74, 6) is -0.568. The molecule has 1 amide bonds. The SMILES string of the molecule is CC(=O)NCC(O)C(O)c1cc(C=O)ccc1O. The Labute approximate surface area is 104 Å². The number of benzene rings is 1. The number of rotatable bonds is 5. The van der Waals surface area contributed by atoms with Crippen molar-refractivity contribution in [1.82, 2.24) is 5.32 Å². The number of amides is 1. The van der Waals surface area contributed by atoms with Gasteiger partial charge in [0.1, 0.15) is 24.2 Å². The van der Waals surface area contributed by atoms with E-state index in [-0.39, 0.29) is 29.3 Å². The second-order valence-electron chi connectivity index (χ2n) is 3.89. The minimum Gasteiger partial charge on any atom is -0.508 e. The summed E-state index contributed by atoms with van der Waals surface area (Å²) in [4.78, 5) is 21.3. The molecule has 0 aliphatic carbocycles. The van der Waals surface area contributed by atoms with Crippen LogP contribution in [-0.4, -0.2) is 40.2 Å². The van der Waals surface area contributed by atoms with Crippen molar-refractivity contribution in [3.8, 4) is 5.75 Å². The van der Waals surface area contributed by atoms with Crippen LogP contribution in [0.5, 0.6) is 5.75 Å². The molecule has 0 saturated carbocycles. The number of aliphatic hydroxyl groups excluding tert-OH is 2. The van der Waals surface area contributed by atoms with Gasteiger partial charge in [-0.2, -0.15) is 0 Å². The molecule has 1 rings (SSSR count). The quantitative estimate of drug-likeness (QED) is 0.541. The van der Waals surface area contributed by atoms with E-state index in [9.17, 15) is 24.9 Å². The summed E-state index contributed by atoms with van der Waals surface area (Å²) in [5.41, 5.74) is 0.311. The van der Waals surface area contributed by atoms with Crippen LogP contribution in [-0.2, 0) is 4.79 Å². The number of hydrogen-bond acceptors (Lipinski definition) is 5. The Morgan fingerprint density at radius 2 is 2.11 bits per heavy atom. The first-order valence-electron chi connectivity index (χ1n) is 5.34. The lowest BCUT2D eigenvalue weighted by Crippen LogP contribution is -2.34. The number of aromatic hydroxyl groups is 1. The zero-order valence-corrected chi connectivity index (χ0v) is 9.83. The van der Waals surface area contributed by atoms with E-state index in [0.717, 1.165) is 0 Å². The molecule has 0 aliphatic heterocycles. The molecule has 1 aromatic rings. The van der Waals surface area contributed by atoms with Crippen LogP contribution < -0.4 is 5.32 Å². The van der Waals surface area contributed by atoms with Crippen LogP contribution in [0, 0.1) is 0 Å². The molecule has 0 aromatic heterocycles. The number of phenolic OH excluding ortho intramolecular Hbond substituents is 1. The van der Waals surface area contributed by atoms with Gasteiger partial charge in [0, 0.05) is 24.6 Å². The number of hydrogen-bond donors (Lipinski definition) is 4. The minimum absolute atomic E-state index is 0.0393. The molecule has 0 saturated heterocycles. The van der Waals surface area contributed by atoms with E-state index in [1.807, 2.05) is 0 Å². The third-order valence-corrected chi connectivity index (χ3v) is 2.43. The monoisotopic (exact) mass is 253 g/mol. The zero-order valence-electron chi connectivity index (χ0n) is 9.83. The lowest BCUT2D eigenvalue weighted by Gasteiger charge is -2.19. The number of aldehydes is 1. The van der Waals surface area contributed by atoms with Crippen LogP contribution in [0.3, 0.4) is 0 Å². The molecular formula is C12H15NO5. The molecule has 0 bridgehead atoms. The van der Waals surface area contributed by atoms with Gasteiger partial charge in [-0.1, -0.05) is 0 Å². The first kappa shape index (κ1) is 14.1. The Balaban J connectivity index is 2.84. The summed E-state index contributed by atoms with van der Waals surface area (Å²) < 4.78 is 0. The maximum atomic E-state index is 10.7. The Kier molecular flexibility index (Phi) is 4.82. The van der Waals surface area contributed by atoms with Gasteiger partial charge in [-0.05, 0) is 18.2 Å². The normalized spacial score (nSPS) is 13.7. The molecule has 2 unspecified atom stereocenters. The van der Waals surface area contributed by atoms with E-state index in [0.29, 0.717) is 6.29 Å². The maximum Gasteiger partial charge on any atom is 0.216 e. The predicted octanol–water partition coefficient (Wildman–Crippen LogP) is -0.265. The highest BCUT2D eigenvalue weighted by atomic mass is 16.3. The van der Waals surface area contributed by atoms with Gasteiger partial charge < -0.3 is 20.6 Å². The third kappa shape index (κ3) is 3.54. The van der Waals surface area contributed by atoms with Crippen molar-refractivity contribution in [1.29, 1.82) is 0 Å². The summed E-state index contributed by atoms with van der Waals surface area (Å²) in [6.45, 7) is 1.13. The standard InChI is InChI=1S/C12H15NO5/c1-7(15)13-5-11(17)12(18)9-4-8(6-14)2-3-10(9)16/h2-4,6,11-12,16-18H,5H2,1H3,(H,13,15). The molecule has 6 heteroatoms. The predicted molar refractivity (Wildman–Crippen MR) is 63.1 cm³/mol. The third-order valence-electron chi connectivity index (χ3n) is 2.43. The first-order valence-corrected chi connectivity index (χ1v) is 5.34. The van der Waals surface area contributed by atoms with Crippen molar-refractivity contribution in [2.45, 2.75) is 19.1 Å². The van der Waals surface area contributed by atoms with Crippen LogP contribution >= 0.6 is 0 Å². The van der Waals surface area contributed by atoms with E-state index in [1.54, 1.807) is 0 Å². The van der Waals surface area contributed by atoms with Crippen molar-refractivity contribution >= 4 is 12.2 Å². The van der Waals surface area contributed by atoms with E-state index >= 15 is 0 Å². The average molecular weight is 253 g/mol. The van der Waals surface area contributed by atoms with Crippen molar-refractivity contribution in [3.63, 3.8) is 0 Å². The molecule has 98 valence electrons. The molecule has 1 aromatic carbocycles. The number of carbonyl (C=O) groups excluding carboxylic acids is 2. The fraction of sp³-hybridized carbons (Fsp3) is 0.333. The molecule has 2 atom stereocenters. The van der Waals surface area contributed by atoms with Gasteiger partial charge in [-0.25, -0.2) is 0 Å². The molecule has 0 aliphatic rings. The first-order chi connectivity index (χ1) is 8.45. The second kappa shape index (κ2) is 6.13. The van der Waals surface area contributed by atoms with Gasteiger partial charge in [0.05, 0.1) is 0 Å². The maximum absolute atomic E-state index is 10.7. The molecule has 0 spiro atoms. The molecule has 0 radical (unpaired) electrons. The number of nitrogens with one attached hydrogen (secondary N) is 1. The molecule has 0 fully saturated rings. The van der Waals surface area contributed by atoms with Crippen LogP contribution in [0.25, 0.3) is 0 Å². The zero-order chi connectivity index (χ0) is 13.7. The summed E-state index contributed by atoms with van der Waals surface area (Å²) in [6, 6.07) is 3.93. The Morgan fingerprint density at radius 3 is 2.67 bits per heavy atom. The highest BCUT2D eigenvalue weighted by molar-refractivity contribution is 5.75. The second-order valence-corrected chi connectivity index (χ2v) is 3.89. The molecule has 18 heavy (non-hydrogen) atoms. The Morgan fingerprint density at radius 1 is 1.44 bits per heavy atom. The van der Waals surface area contributed by atoms with Crippen LogP contribution in [0.2, 0.25) is 0 Å². The summed E-state index contributed by atoms with van der Waals surface area (Å²) >= 11 is 0. The van der Waals surface area contributed by atoms with E-state index in [1.165, 1.54) is 25.1 Å². The lowest BCUT2D eigenvalue weighted by atomic mass is 10.0. The van der Waals surface area contributed by atoms with Crippen molar-refractivity contribution in [3.05, 3.63) is 29.3 Å². The van der Waals surface area contributed by atoms with Crippen LogP contribution in [0.1, 0.15) is 28.9 Å². The highest BCUT2D eigenvalue weighted by Gasteiger charge is 2.21. The molecule has 6 nitrogen and oxygen atoms in total. The van der Waals surface area contributed by atoms with Gasteiger partial charge in [0.25, 0.3) is 0 Å². The van der Waals surface area contributed by atoms with Crippen LogP contribution in [0.15, 0.2) is 18.2 Å². The van der Waals surface area contributed by atoms with Gasteiger partial charge in [-0.3, -0.25) is 9.59 Å². The summed E-state index contributed by atoms with van der Waals surface area (Å²) in [7, 11) is 0. The minimum atomic E-state index is -1.39. The van der Waals surface area contributed by atoms with Gasteiger partial charge >= 0.3 is 0 Å².